The number of hydrogen-bond donors (Lipinski definition) is 1. The van der Waals surface area contributed by atoms with E-state index in [0.717, 1.165) is 32.2 Å². The van der Waals surface area contributed by atoms with Crippen molar-refractivity contribution in [2.75, 3.05) is 6.54 Å². The van der Waals surface area contributed by atoms with Gasteiger partial charge in [-0.05, 0) is 50.9 Å². The number of carboxylic acid groups (broad SMARTS) is 1. The number of rotatable bonds is 7. The Hall–Kier alpha value is -1.06. The van der Waals surface area contributed by atoms with Crippen LogP contribution in [0.4, 0.5) is 0 Å². The molecule has 0 aliphatic heterocycles. The van der Waals surface area contributed by atoms with E-state index in [2.05, 4.69) is 13.8 Å². The lowest BCUT2D eigenvalue weighted by Gasteiger charge is -2.38. The van der Waals surface area contributed by atoms with Crippen molar-refractivity contribution in [2.45, 2.75) is 77.7 Å². The number of nitrogens with zero attached hydrogens (tertiary/aromatic N) is 1. The fourth-order valence-corrected chi connectivity index (χ4v) is 3.64. The van der Waals surface area contributed by atoms with Gasteiger partial charge in [-0.15, -0.1) is 0 Å². The first-order chi connectivity index (χ1) is 9.92. The second kappa shape index (κ2) is 6.80. The molecule has 120 valence electrons. The van der Waals surface area contributed by atoms with Gasteiger partial charge in [0.05, 0.1) is 6.42 Å². The van der Waals surface area contributed by atoms with Crippen LogP contribution in [-0.2, 0) is 9.59 Å². The van der Waals surface area contributed by atoms with Crippen molar-refractivity contribution in [1.82, 2.24) is 4.90 Å². The van der Waals surface area contributed by atoms with Gasteiger partial charge in [-0.25, -0.2) is 0 Å². The molecular formula is C17H29NO3. The van der Waals surface area contributed by atoms with Gasteiger partial charge in [-0.1, -0.05) is 19.3 Å². The third-order valence-electron chi connectivity index (χ3n) is 5.06. The summed E-state index contributed by atoms with van der Waals surface area (Å²) in [7, 11) is 0. The zero-order chi connectivity index (χ0) is 15.5. The Morgan fingerprint density at radius 3 is 2.24 bits per heavy atom. The first kappa shape index (κ1) is 16.3. The second-order valence-electron chi connectivity index (χ2n) is 7.39. The minimum absolute atomic E-state index is 0.147. The molecule has 4 nitrogen and oxygen atoms in total. The summed E-state index contributed by atoms with van der Waals surface area (Å²) in [5.74, 6) is 0.0844. The topological polar surface area (TPSA) is 57.6 Å². The van der Waals surface area contributed by atoms with Crippen LogP contribution in [0.25, 0.3) is 0 Å². The fraction of sp³-hybridized carbons (Fsp3) is 0.882. The molecule has 0 heterocycles. The number of hydrogen-bond acceptors (Lipinski definition) is 2. The zero-order valence-corrected chi connectivity index (χ0v) is 13.4. The molecular weight excluding hydrogens is 266 g/mol. The molecule has 0 aromatic rings. The molecule has 2 aliphatic rings. The van der Waals surface area contributed by atoms with Gasteiger partial charge in [-0.2, -0.15) is 0 Å². The van der Waals surface area contributed by atoms with Gasteiger partial charge in [0.2, 0.25) is 5.91 Å². The number of aliphatic carboxylic acids is 1. The predicted octanol–water partition coefficient (Wildman–Crippen LogP) is 3.45. The Morgan fingerprint density at radius 1 is 1.14 bits per heavy atom. The minimum Gasteiger partial charge on any atom is -0.481 e. The summed E-state index contributed by atoms with van der Waals surface area (Å²) in [6.07, 6.45) is 8.11. The third-order valence-corrected chi connectivity index (χ3v) is 5.06. The van der Waals surface area contributed by atoms with Crippen molar-refractivity contribution in [3.8, 4) is 0 Å². The third kappa shape index (κ3) is 4.72. The molecule has 2 fully saturated rings. The lowest BCUT2D eigenvalue weighted by molar-refractivity contribution is -0.143. The molecule has 0 saturated heterocycles. The van der Waals surface area contributed by atoms with Gasteiger partial charge < -0.3 is 10.0 Å². The molecule has 21 heavy (non-hydrogen) atoms. The normalized spacial score (nSPS) is 21.3. The average Bonchev–Trinajstić information content (AvgIpc) is 3.19. The Labute approximate surface area is 127 Å². The summed E-state index contributed by atoms with van der Waals surface area (Å²) < 4.78 is 0. The van der Waals surface area contributed by atoms with Gasteiger partial charge >= 0.3 is 5.97 Å². The molecule has 4 heteroatoms. The quantitative estimate of drug-likeness (QED) is 0.782. The average molecular weight is 295 g/mol. The van der Waals surface area contributed by atoms with Crippen LogP contribution in [0.1, 0.15) is 71.6 Å². The van der Waals surface area contributed by atoms with Crippen molar-refractivity contribution in [1.29, 1.82) is 0 Å². The molecule has 0 radical (unpaired) electrons. The van der Waals surface area contributed by atoms with E-state index < -0.39 is 5.97 Å². The molecule has 2 aliphatic carbocycles. The van der Waals surface area contributed by atoms with Crippen LogP contribution in [0.3, 0.4) is 0 Å². The maximum atomic E-state index is 12.7. The van der Waals surface area contributed by atoms with E-state index in [1.807, 2.05) is 4.90 Å². The molecule has 0 unspecified atom stereocenters. The van der Waals surface area contributed by atoms with E-state index in [1.165, 1.54) is 19.3 Å². The van der Waals surface area contributed by atoms with Crippen LogP contribution in [0.5, 0.6) is 0 Å². The van der Waals surface area contributed by atoms with Crippen LogP contribution in [-0.4, -0.2) is 34.5 Å². The number of carbonyl (C=O) groups excluding carboxylic acids is 1. The van der Waals surface area contributed by atoms with Crippen LogP contribution < -0.4 is 0 Å². The summed E-state index contributed by atoms with van der Waals surface area (Å²) in [6, 6.07) is 0.212. The summed E-state index contributed by atoms with van der Waals surface area (Å²) >= 11 is 0. The Balaban J connectivity index is 2.02. The van der Waals surface area contributed by atoms with Crippen LogP contribution in [0.15, 0.2) is 0 Å². The monoisotopic (exact) mass is 295 g/mol. The first-order valence-electron chi connectivity index (χ1n) is 8.43. The summed E-state index contributed by atoms with van der Waals surface area (Å²) in [4.78, 5) is 25.9. The van der Waals surface area contributed by atoms with E-state index in [-0.39, 0.29) is 23.8 Å². The Kier molecular flexibility index (Phi) is 5.28. The molecule has 1 N–H and O–H groups in total. The maximum absolute atomic E-state index is 12.7. The van der Waals surface area contributed by atoms with Crippen LogP contribution >= 0.6 is 0 Å². The van der Waals surface area contributed by atoms with Crippen molar-refractivity contribution < 1.29 is 14.7 Å². The Bertz CT molecular complexity index is 381. The van der Waals surface area contributed by atoms with Gasteiger partial charge in [0, 0.05) is 19.0 Å². The molecule has 0 aromatic heterocycles. The maximum Gasteiger partial charge on any atom is 0.303 e. The highest BCUT2D eigenvalue weighted by molar-refractivity contribution is 5.78. The SMILES string of the molecule is CC(C)N(CC1CC1)C(=O)CC1(CC(=O)O)CCCCC1. The van der Waals surface area contributed by atoms with Crippen LogP contribution in [0, 0.1) is 11.3 Å². The van der Waals surface area contributed by atoms with Crippen molar-refractivity contribution in [3.05, 3.63) is 0 Å². The molecule has 2 saturated carbocycles. The van der Waals surface area contributed by atoms with Crippen LogP contribution in [0.2, 0.25) is 0 Å². The first-order valence-corrected chi connectivity index (χ1v) is 8.43. The van der Waals surface area contributed by atoms with Gasteiger partial charge in [0.25, 0.3) is 0 Å². The molecule has 2 rings (SSSR count). The minimum atomic E-state index is -0.761. The number of amides is 1. The molecule has 0 atom stereocenters. The van der Waals surface area contributed by atoms with Gasteiger partial charge in [-0.3, -0.25) is 9.59 Å². The summed E-state index contributed by atoms with van der Waals surface area (Å²) in [6.45, 7) is 4.98. The molecule has 0 spiro atoms. The molecule has 0 aromatic carbocycles. The van der Waals surface area contributed by atoms with Crippen molar-refractivity contribution in [2.24, 2.45) is 11.3 Å². The summed E-state index contributed by atoms with van der Waals surface area (Å²) in [5.41, 5.74) is -0.294. The van der Waals surface area contributed by atoms with E-state index in [1.54, 1.807) is 0 Å². The lowest BCUT2D eigenvalue weighted by Crippen LogP contribution is -2.42. The molecule has 1 amide bonds. The van der Waals surface area contributed by atoms with Gasteiger partial charge in [0.15, 0.2) is 0 Å². The Morgan fingerprint density at radius 2 is 1.76 bits per heavy atom. The van der Waals surface area contributed by atoms with E-state index in [0.29, 0.717) is 12.3 Å². The van der Waals surface area contributed by atoms with E-state index in [4.69, 9.17) is 0 Å². The fourth-order valence-electron chi connectivity index (χ4n) is 3.64. The predicted molar refractivity (Wildman–Crippen MR) is 82.0 cm³/mol. The van der Waals surface area contributed by atoms with E-state index >= 15 is 0 Å². The molecule has 0 bridgehead atoms. The van der Waals surface area contributed by atoms with E-state index in [9.17, 15) is 14.7 Å². The summed E-state index contributed by atoms with van der Waals surface area (Å²) in [5, 5.41) is 9.22. The highest BCUT2D eigenvalue weighted by Crippen LogP contribution is 2.43. The highest BCUT2D eigenvalue weighted by Gasteiger charge is 2.38. The zero-order valence-electron chi connectivity index (χ0n) is 13.4. The van der Waals surface area contributed by atoms with Crippen molar-refractivity contribution in [3.63, 3.8) is 0 Å². The smallest absolute Gasteiger partial charge is 0.303 e. The lowest BCUT2D eigenvalue weighted by atomic mass is 9.69. The number of carbonyl (C=O) groups is 2. The van der Waals surface area contributed by atoms with Crippen molar-refractivity contribution >= 4 is 11.9 Å². The second-order valence-corrected chi connectivity index (χ2v) is 7.39. The van der Waals surface area contributed by atoms with Gasteiger partial charge in [0.1, 0.15) is 0 Å². The highest BCUT2D eigenvalue weighted by atomic mass is 16.4. The number of carboxylic acids is 1. The largest absolute Gasteiger partial charge is 0.481 e. The standard InChI is InChI=1S/C17H29NO3/c1-13(2)18(12-14-6-7-14)15(19)10-17(11-16(20)21)8-4-3-5-9-17/h13-14H,3-12H2,1-2H3,(H,20,21).